The Kier molecular flexibility index (Phi) is 7.62. The third kappa shape index (κ3) is 6.15. The fraction of sp³-hybridized carbons (Fsp3) is 0.250. The van der Waals surface area contributed by atoms with Gasteiger partial charge in [0.25, 0.3) is 11.8 Å². The Morgan fingerprint density at radius 1 is 0.821 bits per heavy atom. The second kappa shape index (κ2) is 10.1. The molecular weight excluding hydrogens is 368 g/mol. The van der Waals surface area contributed by atoms with Gasteiger partial charge in [-0.2, -0.15) is 0 Å². The highest BCUT2D eigenvalue weighted by molar-refractivity contribution is 5.96. The van der Waals surface area contributed by atoms with Gasteiger partial charge in [-0.1, -0.05) is 6.92 Å². The quantitative estimate of drug-likeness (QED) is 0.607. The average Bonchev–Trinajstić information content (AvgIpc) is 2.67. The minimum atomic E-state index is -1.10. The number of benzene rings is 2. The van der Waals surface area contributed by atoms with E-state index in [1.54, 1.807) is 24.3 Å². The van der Waals surface area contributed by atoms with Crippen LogP contribution in [0.15, 0.2) is 42.5 Å². The van der Waals surface area contributed by atoms with Crippen LogP contribution in [0.3, 0.4) is 0 Å². The lowest BCUT2D eigenvalue weighted by molar-refractivity contribution is -0.116. The normalized spacial score (nSPS) is 10.2. The topological polar surface area (TPSA) is 87.3 Å². The number of halogens is 2. The van der Waals surface area contributed by atoms with Crippen LogP contribution in [0.2, 0.25) is 0 Å². The van der Waals surface area contributed by atoms with E-state index in [1.807, 2.05) is 6.92 Å². The fourth-order valence-corrected chi connectivity index (χ4v) is 2.35. The number of amides is 3. The zero-order valence-electron chi connectivity index (χ0n) is 15.4. The van der Waals surface area contributed by atoms with Gasteiger partial charge in [0.2, 0.25) is 5.91 Å². The lowest BCUT2D eigenvalue weighted by Gasteiger charge is -2.09. The van der Waals surface area contributed by atoms with Gasteiger partial charge in [0, 0.05) is 36.3 Å². The molecule has 0 saturated carbocycles. The van der Waals surface area contributed by atoms with E-state index in [0.29, 0.717) is 17.7 Å². The van der Waals surface area contributed by atoms with Gasteiger partial charge in [-0.3, -0.25) is 14.4 Å². The molecule has 2 aromatic carbocycles. The van der Waals surface area contributed by atoms with Gasteiger partial charge in [-0.25, -0.2) is 8.78 Å². The van der Waals surface area contributed by atoms with Gasteiger partial charge in [-0.05, 0) is 48.9 Å². The van der Waals surface area contributed by atoms with Crippen molar-refractivity contribution < 1.29 is 23.2 Å². The lowest BCUT2D eigenvalue weighted by Crippen LogP contribution is -2.34. The molecule has 0 unspecified atom stereocenters. The Bertz CT molecular complexity index is 854. The molecule has 0 aliphatic carbocycles. The summed E-state index contributed by atoms with van der Waals surface area (Å²) in [5, 5.41) is 7.87. The highest BCUT2D eigenvalue weighted by atomic mass is 19.2. The first-order chi connectivity index (χ1) is 13.4. The summed E-state index contributed by atoms with van der Waals surface area (Å²) in [7, 11) is 0. The molecule has 3 N–H and O–H groups in total. The van der Waals surface area contributed by atoms with Crippen molar-refractivity contribution in [1.29, 1.82) is 0 Å². The van der Waals surface area contributed by atoms with E-state index in [-0.39, 0.29) is 30.5 Å². The molecule has 0 bridgehead atoms. The van der Waals surface area contributed by atoms with Gasteiger partial charge in [0.05, 0.1) is 0 Å². The maximum atomic E-state index is 13.1. The molecule has 0 spiro atoms. The molecule has 0 aliphatic rings. The van der Waals surface area contributed by atoms with E-state index < -0.39 is 17.5 Å². The number of nitrogens with one attached hydrogen (secondary N) is 3. The van der Waals surface area contributed by atoms with Crippen molar-refractivity contribution in [2.45, 2.75) is 19.8 Å². The Balaban J connectivity index is 1.76. The van der Waals surface area contributed by atoms with E-state index in [1.165, 1.54) is 6.07 Å². The third-order valence-electron chi connectivity index (χ3n) is 3.79. The first kappa shape index (κ1) is 21.0. The van der Waals surface area contributed by atoms with Gasteiger partial charge >= 0.3 is 0 Å². The average molecular weight is 389 g/mol. The van der Waals surface area contributed by atoms with Crippen LogP contribution in [0, 0.1) is 11.6 Å². The molecule has 0 fully saturated rings. The van der Waals surface area contributed by atoms with Crippen molar-refractivity contribution >= 4 is 23.4 Å². The summed E-state index contributed by atoms with van der Waals surface area (Å²) >= 11 is 0. The lowest BCUT2D eigenvalue weighted by atomic mass is 10.2. The van der Waals surface area contributed by atoms with Crippen LogP contribution >= 0.6 is 0 Å². The molecule has 0 aromatic heterocycles. The molecule has 0 heterocycles. The monoisotopic (exact) mass is 389 g/mol. The number of rotatable bonds is 8. The summed E-state index contributed by atoms with van der Waals surface area (Å²) in [6.07, 6.45) is 1.18. The molecule has 0 saturated heterocycles. The van der Waals surface area contributed by atoms with Crippen molar-refractivity contribution in [3.63, 3.8) is 0 Å². The Morgan fingerprint density at radius 3 is 1.96 bits per heavy atom. The maximum Gasteiger partial charge on any atom is 0.251 e. The van der Waals surface area contributed by atoms with Crippen LogP contribution in [0.25, 0.3) is 0 Å². The van der Waals surface area contributed by atoms with Gasteiger partial charge in [0.15, 0.2) is 11.6 Å². The largest absolute Gasteiger partial charge is 0.350 e. The molecule has 148 valence electrons. The first-order valence-corrected chi connectivity index (χ1v) is 8.82. The Labute approximate surface area is 161 Å². The minimum Gasteiger partial charge on any atom is -0.350 e. The predicted molar refractivity (Wildman–Crippen MR) is 101 cm³/mol. The molecular formula is C20H21F2N3O3. The standard InChI is InChI=1S/C20H21F2N3O3/c1-2-3-18(26)25-15-7-4-13(5-8-15)19(27)23-10-11-24-20(28)14-6-9-16(21)17(22)12-14/h4-9,12H,2-3,10-11H2,1H3,(H,23,27)(H,24,28)(H,25,26). The van der Waals surface area contributed by atoms with E-state index in [2.05, 4.69) is 16.0 Å². The molecule has 8 heteroatoms. The van der Waals surface area contributed by atoms with Crippen LogP contribution in [-0.2, 0) is 4.79 Å². The molecule has 0 radical (unpaired) electrons. The first-order valence-electron chi connectivity index (χ1n) is 8.82. The molecule has 2 rings (SSSR count). The van der Waals surface area contributed by atoms with Crippen molar-refractivity contribution in [2.75, 3.05) is 18.4 Å². The van der Waals surface area contributed by atoms with Crippen LogP contribution in [0.5, 0.6) is 0 Å². The SMILES string of the molecule is CCCC(=O)Nc1ccc(C(=O)NCCNC(=O)c2ccc(F)c(F)c2)cc1. The Morgan fingerprint density at radius 2 is 1.39 bits per heavy atom. The van der Waals surface area contributed by atoms with Gasteiger partial charge in [-0.15, -0.1) is 0 Å². The zero-order valence-corrected chi connectivity index (χ0v) is 15.4. The second-order valence-electron chi connectivity index (χ2n) is 6.02. The minimum absolute atomic E-state index is 0.00839. The van der Waals surface area contributed by atoms with Crippen LogP contribution in [0.4, 0.5) is 14.5 Å². The molecule has 3 amide bonds. The Hall–Kier alpha value is -3.29. The predicted octanol–water partition coefficient (Wildman–Crippen LogP) is 2.86. The summed E-state index contributed by atoms with van der Waals surface area (Å²) in [6.45, 7) is 2.19. The van der Waals surface area contributed by atoms with Crippen molar-refractivity contribution in [2.24, 2.45) is 0 Å². The van der Waals surface area contributed by atoms with E-state index in [9.17, 15) is 23.2 Å². The summed E-state index contributed by atoms with van der Waals surface area (Å²) in [4.78, 5) is 35.5. The molecule has 28 heavy (non-hydrogen) atoms. The van der Waals surface area contributed by atoms with Crippen molar-refractivity contribution in [3.05, 3.63) is 65.2 Å². The number of carbonyl (C=O) groups excluding carboxylic acids is 3. The van der Waals surface area contributed by atoms with Crippen molar-refractivity contribution in [1.82, 2.24) is 10.6 Å². The zero-order chi connectivity index (χ0) is 20.5. The number of carbonyl (C=O) groups is 3. The molecule has 2 aromatic rings. The smallest absolute Gasteiger partial charge is 0.251 e. The summed E-state index contributed by atoms with van der Waals surface area (Å²) in [5.74, 6) is -3.12. The molecule has 6 nitrogen and oxygen atoms in total. The van der Waals surface area contributed by atoms with Crippen LogP contribution in [0.1, 0.15) is 40.5 Å². The maximum absolute atomic E-state index is 13.1. The number of anilines is 1. The summed E-state index contributed by atoms with van der Waals surface area (Å²) in [6, 6.07) is 9.28. The van der Waals surface area contributed by atoms with Gasteiger partial charge in [0.1, 0.15) is 0 Å². The third-order valence-corrected chi connectivity index (χ3v) is 3.79. The summed E-state index contributed by atoms with van der Waals surface area (Å²) in [5.41, 5.74) is 1.00. The highest BCUT2D eigenvalue weighted by Gasteiger charge is 2.10. The van der Waals surface area contributed by atoms with Crippen LogP contribution in [-0.4, -0.2) is 30.8 Å². The van der Waals surface area contributed by atoms with Gasteiger partial charge < -0.3 is 16.0 Å². The number of hydrogen-bond donors (Lipinski definition) is 3. The van der Waals surface area contributed by atoms with Crippen molar-refractivity contribution in [3.8, 4) is 0 Å². The highest BCUT2D eigenvalue weighted by Crippen LogP contribution is 2.10. The summed E-state index contributed by atoms with van der Waals surface area (Å²) < 4.78 is 26.0. The van der Waals surface area contributed by atoms with E-state index in [0.717, 1.165) is 18.6 Å². The van der Waals surface area contributed by atoms with Crippen LogP contribution < -0.4 is 16.0 Å². The molecule has 0 aliphatic heterocycles. The second-order valence-corrected chi connectivity index (χ2v) is 6.02. The molecule has 0 atom stereocenters. The fourth-order valence-electron chi connectivity index (χ4n) is 2.35. The van der Waals surface area contributed by atoms with E-state index >= 15 is 0 Å². The van der Waals surface area contributed by atoms with E-state index in [4.69, 9.17) is 0 Å². The number of hydrogen-bond acceptors (Lipinski definition) is 3.